The Labute approximate surface area is 713 Å². The number of halogens is 4. The summed E-state index contributed by atoms with van der Waals surface area (Å²) < 4.78 is 160. The molecule has 0 aromatic heterocycles. The highest BCUT2D eigenvalue weighted by Crippen LogP contribution is 2.36. The number of hydrogen-bond acceptors (Lipinski definition) is 23. The number of aromatic hydroxyl groups is 2. The molecule has 0 aliphatic rings. The van der Waals surface area contributed by atoms with Crippen molar-refractivity contribution >= 4 is 278 Å². The molecular weight excluding hydrogens is 1910 g/mol. The highest BCUT2D eigenvalue weighted by molar-refractivity contribution is 9.11. The van der Waals surface area contributed by atoms with E-state index in [0.717, 1.165) is 70.1 Å². The highest BCUT2D eigenvalue weighted by atomic mass is 79.9. The lowest BCUT2D eigenvalue weighted by molar-refractivity contribution is -0.120. The zero-order valence-corrected chi connectivity index (χ0v) is 71.5. The van der Waals surface area contributed by atoms with E-state index in [9.17, 15) is 71.7 Å². The SMILES string of the molecule is O=C(CN(C(=S)Nc1ccc(/C=C/c2ccc(NC(=S)NCCOCCNC(=S)Nc3ccc(/C=C/c4ccc(NC(=S)N(CC(=O)N/N=C\c5cc(Br)c(O)c(Br)c5)c5ccc6ccccc6c5)cc4S(=O)(=O)[O-])c(S(=O)(=O)[O-])c3)cc2S(=O)(=O)[O-])c(S(=O)(=O)[O-])c1)c1ccc2ccccc2c1)N/N=C\c1cc(Br)c(O)c(Br)c1. The van der Waals surface area contributed by atoms with Crippen molar-refractivity contribution in [3.8, 4) is 11.5 Å². The van der Waals surface area contributed by atoms with Gasteiger partial charge in [0, 0.05) is 47.2 Å². The lowest BCUT2D eigenvalue weighted by Crippen LogP contribution is -2.41. The van der Waals surface area contributed by atoms with Gasteiger partial charge in [0.15, 0.2) is 20.4 Å². The third kappa shape index (κ3) is 24.7. The Balaban J connectivity index is 0.707. The van der Waals surface area contributed by atoms with Gasteiger partial charge in [-0.05, 0) is 265 Å². The Hall–Kier alpha value is -9.64. The van der Waals surface area contributed by atoms with Crippen LogP contribution in [0.15, 0.2) is 230 Å². The molecule has 10 aromatic rings. The molecule has 0 saturated carbocycles. The normalized spacial score (nSPS) is 12.0. The number of benzene rings is 10. The number of amides is 2. The summed E-state index contributed by atoms with van der Waals surface area (Å²) in [7, 11) is -20.9. The average molecular weight is 1960 g/mol. The zero-order chi connectivity index (χ0) is 83.1. The van der Waals surface area contributed by atoms with Crippen LogP contribution in [0.1, 0.15) is 33.4 Å². The Kier molecular flexibility index (Phi) is 29.7. The van der Waals surface area contributed by atoms with Crippen LogP contribution in [-0.2, 0) is 54.8 Å². The van der Waals surface area contributed by atoms with E-state index >= 15 is 0 Å². The van der Waals surface area contributed by atoms with Gasteiger partial charge >= 0.3 is 0 Å². The van der Waals surface area contributed by atoms with Crippen molar-refractivity contribution in [3.63, 3.8) is 0 Å². The number of fused-ring (bicyclic) bond motifs is 2. The van der Waals surface area contributed by atoms with Crippen LogP contribution in [0, 0.1) is 0 Å². The molecule has 41 heteroatoms. The largest absolute Gasteiger partial charge is 0.744 e. The van der Waals surface area contributed by atoms with Gasteiger partial charge in [-0.3, -0.25) is 9.59 Å². The van der Waals surface area contributed by atoms with Crippen molar-refractivity contribution in [2.24, 2.45) is 10.2 Å². The topological polar surface area (TPSA) is 440 Å². The number of phenols is 2. The maximum atomic E-state index is 13.4. The third-order valence-corrected chi connectivity index (χ3v) is 23.3. The molecule has 0 heterocycles. The molecule has 0 saturated heterocycles. The molecule has 10 rings (SSSR count). The van der Waals surface area contributed by atoms with Gasteiger partial charge in [0.1, 0.15) is 65.1 Å². The summed E-state index contributed by atoms with van der Waals surface area (Å²) in [4.78, 5) is 26.7. The van der Waals surface area contributed by atoms with Crippen LogP contribution in [0.2, 0.25) is 0 Å². The smallest absolute Gasteiger partial charge is 0.260 e. The summed E-state index contributed by atoms with van der Waals surface area (Å²) in [5.74, 6) is -1.31. The average Bonchev–Trinajstić information content (AvgIpc) is 0.803. The van der Waals surface area contributed by atoms with Crippen LogP contribution in [0.25, 0.3) is 45.8 Å². The summed E-state index contributed by atoms with van der Waals surface area (Å²) in [6, 6.07) is 46.2. The molecule has 10 aromatic carbocycles. The number of carbonyl (C=O) groups excluding carboxylic acids is 2. The Morgan fingerprint density at radius 3 is 1.01 bits per heavy atom. The van der Waals surface area contributed by atoms with Gasteiger partial charge in [-0.15, -0.1) is 0 Å². The predicted molar refractivity (Wildman–Crippen MR) is 468 cm³/mol. The number of nitrogens with one attached hydrogen (secondary N) is 8. The molecule has 0 radical (unpaired) electrons. The third-order valence-electron chi connectivity index (χ3n) is 16.2. The Morgan fingerprint density at radius 2 is 0.704 bits per heavy atom. The van der Waals surface area contributed by atoms with Gasteiger partial charge in [-0.1, -0.05) is 109 Å². The molecule has 0 atom stereocenters. The number of hydrogen-bond donors (Lipinski definition) is 10. The van der Waals surface area contributed by atoms with Gasteiger partial charge < -0.3 is 74.9 Å². The van der Waals surface area contributed by atoms with E-state index in [2.05, 4.69) is 117 Å². The van der Waals surface area contributed by atoms with E-state index in [1.165, 1.54) is 70.8 Å². The van der Waals surface area contributed by atoms with Crippen molar-refractivity contribution in [3.05, 3.63) is 233 Å². The fourth-order valence-electron chi connectivity index (χ4n) is 10.8. The molecule has 115 heavy (non-hydrogen) atoms. The first-order valence-corrected chi connectivity index (χ1v) is 43.5. The number of anilines is 6. The molecule has 2 amide bonds. The first-order valence-electron chi connectivity index (χ1n) is 33.0. The summed E-state index contributed by atoms with van der Waals surface area (Å²) in [5.41, 5.74) is 6.19. The van der Waals surface area contributed by atoms with E-state index in [1.807, 2.05) is 60.7 Å². The maximum Gasteiger partial charge on any atom is 0.260 e. The van der Waals surface area contributed by atoms with E-state index < -0.39 is 85.0 Å². The molecule has 596 valence electrons. The van der Waals surface area contributed by atoms with Crippen molar-refractivity contribution in [2.45, 2.75) is 19.6 Å². The minimum atomic E-state index is -5.26. The molecule has 0 aliphatic carbocycles. The Bertz CT molecular complexity index is 5740. The highest BCUT2D eigenvalue weighted by Gasteiger charge is 2.23. The fourth-order valence-corrected chi connectivity index (χ4v) is 17.1. The van der Waals surface area contributed by atoms with Crippen molar-refractivity contribution in [2.75, 3.05) is 70.5 Å². The molecule has 0 bridgehead atoms. The molecule has 29 nitrogen and oxygen atoms in total. The monoisotopic (exact) mass is 1960 g/mol. The standard InChI is InChI=1S/C74H62Br4N12O17S8/c75-59-29-43(30-60(76)69(59)93)39-81-87-67(91)41-89(57-23-17-45-5-1-3-7-51(45)33-57)73(110)85-55-21-15-49(65(37-55)114(101,102)103)11-9-47-13-19-53(35-63(47)112(95,96)97)83-71(108)79-25-27-107-28-26-80-72(109)84-54-20-14-48(64(36-54)113(98,99)100)10-12-50-16-22-56(38-66(50)115(104,105)106)86-74(111)90(58-24-18-46-6-2-4-8-52(46)34-58)42-68(92)88-82-40-44-31-61(77)70(94)62(78)32-44/h1-24,29-40,93-94H,25-28,41-42H2,(H,85,110)(H,86,111)(H,87,91)(H,88,92)(H2,79,83,108)(H2,80,84,109)(H,95,96,97)(H,98,99,100)(H,101,102,103)(H,104,105,106)/p-4/b11-9+,12-10+,81-39-,82-40-. The van der Waals surface area contributed by atoms with Crippen LogP contribution < -0.4 is 52.6 Å². The molecule has 0 spiro atoms. The van der Waals surface area contributed by atoms with E-state index in [1.54, 1.807) is 48.5 Å². The second kappa shape index (κ2) is 38.9. The molecule has 10 N–H and O–H groups in total. The van der Waals surface area contributed by atoms with Crippen LogP contribution >= 0.6 is 113 Å². The van der Waals surface area contributed by atoms with Crippen LogP contribution in [0.4, 0.5) is 34.1 Å². The number of rotatable bonds is 28. The number of carbonyl (C=O) groups is 2. The van der Waals surface area contributed by atoms with E-state index in [0.29, 0.717) is 40.4 Å². The van der Waals surface area contributed by atoms with Gasteiger partial charge in [0.2, 0.25) is 0 Å². The fraction of sp³-hybridized carbons (Fsp3) is 0.0811. The lowest BCUT2D eigenvalue weighted by Gasteiger charge is -2.26. The van der Waals surface area contributed by atoms with Crippen LogP contribution in [0.5, 0.6) is 11.5 Å². The number of hydrazone groups is 2. The Morgan fingerprint density at radius 1 is 0.409 bits per heavy atom. The number of nitrogens with zero attached hydrogens (tertiary/aromatic N) is 4. The summed E-state index contributed by atoms with van der Waals surface area (Å²) in [6.45, 7) is -0.485. The van der Waals surface area contributed by atoms with Gasteiger partial charge in [-0.2, -0.15) is 10.2 Å². The van der Waals surface area contributed by atoms with Gasteiger partial charge in [0.05, 0.1) is 63.1 Å². The first-order chi connectivity index (χ1) is 54.4. The number of phenolic OH excluding ortho intramolecular Hbond substituents is 2. The second-order valence-corrected chi connectivity index (χ2v) is 34.6. The number of ether oxygens (including phenoxy) is 1. The summed E-state index contributed by atoms with van der Waals surface area (Å²) >= 11 is 35.3. The van der Waals surface area contributed by atoms with Crippen LogP contribution in [0.3, 0.4) is 0 Å². The summed E-state index contributed by atoms with van der Waals surface area (Å²) in [5, 5.41) is 48.4. The first kappa shape index (κ1) is 87.7. The molecule has 0 fully saturated rings. The predicted octanol–water partition coefficient (Wildman–Crippen LogP) is 12.4. The second-order valence-electron chi connectivity index (χ2n) is 24.2. The molecule has 0 aliphatic heterocycles. The van der Waals surface area contributed by atoms with E-state index in [4.69, 9.17) is 53.6 Å². The lowest BCUT2D eigenvalue weighted by atomic mass is 10.1. The van der Waals surface area contributed by atoms with Gasteiger partial charge in [-0.25, -0.2) is 44.5 Å². The minimum Gasteiger partial charge on any atom is -0.744 e. The van der Waals surface area contributed by atoms with Gasteiger partial charge in [0.25, 0.3) is 11.8 Å². The van der Waals surface area contributed by atoms with E-state index in [-0.39, 0.29) is 103 Å². The van der Waals surface area contributed by atoms with Crippen molar-refractivity contribution in [1.29, 1.82) is 0 Å². The quantitative estimate of drug-likeness (QED) is 0.00544. The number of thiocarbonyl (C=S) groups is 4. The van der Waals surface area contributed by atoms with Crippen LogP contribution in [-0.4, -0.2) is 146 Å². The molecular formula is C74H58Br4N12O17S8-4. The minimum absolute atomic E-state index is 0.00937. The summed E-state index contributed by atoms with van der Waals surface area (Å²) in [6.07, 6.45) is 7.21. The van der Waals surface area contributed by atoms with Crippen molar-refractivity contribution in [1.82, 2.24) is 21.5 Å². The molecule has 0 unspecified atom stereocenters. The zero-order valence-electron chi connectivity index (χ0n) is 58.6. The van der Waals surface area contributed by atoms with Crippen molar-refractivity contribution < 1.29 is 76.4 Å². The maximum absolute atomic E-state index is 13.4.